The molecule has 2 amide bonds. The van der Waals surface area contributed by atoms with Crippen LogP contribution in [0.5, 0.6) is 0 Å². The molecule has 2 saturated heterocycles. The van der Waals surface area contributed by atoms with E-state index in [0.29, 0.717) is 51.9 Å². The summed E-state index contributed by atoms with van der Waals surface area (Å²) in [5.74, 6) is 0.398. The van der Waals surface area contributed by atoms with Crippen LogP contribution in [0, 0.1) is 5.92 Å². The Morgan fingerprint density at radius 3 is 2.36 bits per heavy atom. The highest BCUT2D eigenvalue weighted by atomic mass is 19.4. The molecule has 0 spiro atoms. The highest BCUT2D eigenvalue weighted by Gasteiger charge is 2.32. The normalized spacial score (nSPS) is 21.9. The summed E-state index contributed by atoms with van der Waals surface area (Å²) in [7, 11) is 0. The maximum absolute atomic E-state index is 12.3. The molecule has 2 aliphatic heterocycles. The predicted molar refractivity (Wildman–Crippen MR) is 75.6 cm³/mol. The zero-order chi connectivity index (χ0) is 16.0. The van der Waals surface area contributed by atoms with Gasteiger partial charge in [-0.15, -0.1) is 0 Å². The molecule has 0 radical (unpaired) electrons. The fourth-order valence-corrected chi connectivity index (χ4v) is 2.95. The molecule has 8 heteroatoms. The second kappa shape index (κ2) is 8.01. The van der Waals surface area contributed by atoms with Gasteiger partial charge in [0.25, 0.3) is 0 Å². The van der Waals surface area contributed by atoms with Crippen molar-refractivity contribution in [3.63, 3.8) is 0 Å². The maximum atomic E-state index is 12.3. The minimum Gasteiger partial charge on any atom is -0.378 e. The zero-order valence-corrected chi connectivity index (χ0v) is 12.7. The van der Waals surface area contributed by atoms with Crippen molar-refractivity contribution in [2.45, 2.75) is 25.4 Å². The Labute approximate surface area is 128 Å². The maximum Gasteiger partial charge on any atom is 0.401 e. The third kappa shape index (κ3) is 6.00. The first-order valence-electron chi connectivity index (χ1n) is 7.84. The highest BCUT2D eigenvalue weighted by Crippen LogP contribution is 2.23. The molecule has 1 N–H and O–H groups in total. The lowest BCUT2D eigenvalue weighted by atomic mass is 9.93. The second-order valence-electron chi connectivity index (χ2n) is 5.95. The molecule has 5 nitrogen and oxygen atoms in total. The summed E-state index contributed by atoms with van der Waals surface area (Å²) >= 11 is 0. The van der Waals surface area contributed by atoms with Gasteiger partial charge >= 0.3 is 12.2 Å². The average molecular weight is 323 g/mol. The van der Waals surface area contributed by atoms with Gasteiger partial charge in [0.1, 0.15) is 0 Å². The topological polar surface area (TPSA) is 44.8 Å². The van der Waals surface area contributed by atoms with Crippen LogP contribution in [0.2, 0.25) is 0 Å². The van der Waals surface area contributed by atoms with Gasteiger partial charge in [-0.05, 0) is 38.3 Å². The summed E-state index contributed by atoms with van der Waals surface area (Å²) in [5, 5.41) is 2.89. The third-order valence-electron chi connectivity index (χ3n) is 4.24. The van der Waals surface area contributed by atoms with E-state index in [1.165, 1.54) is 4.90 Å². The van der Waals surface area contributed by atoms with Gasteiger partial charge in [0.05, 0.1) is 19.8 Å². The van der Waals surface area contributed by atoms with Gasteiger partial charge in [-0.2, -0.15) is 13.2 Å². The van der Waals surface area contributed by atoms with E-state index < -0.39 is 12.7 Å². The number of carbonyl (C=O) groups is 1. The van der Waals surface area contributed by atoms with Crippen LogP contribution in [0.25, 0.3) is 0 Å². The van der Waals surface area contributed by atoms with Crippen molar-refractivity contribution in [3.05, 3.63) is 0 Å². The molecule has 0 bridgehead atoms. The number of amides is 2. The van der Waals surface area contributed by atoms with Gasteiger partial charge < -0.3 is 15.0 Å². The standard InChI is InChI=1S/C14H24F3N3O2/c15-14(16,17)11-19-5-2-12(3-6-19)1-4-18-13(21)20-7-9-22-10-8-20/h12H,1-11H2,(H,18,21). The van der Waals surface area contributed by atoms with Gasteiger partial charge in [-0.1, -0.05) is 0 Å². The van der Waals surface area contributed by atoms with E-state index in [2.05, 4.69) is 5.32 Å². The van der Waals surface area contributed by atoms with Crippen LogP contribution in [0.1, 0.15) is 19.3 Å². The van der Waals surface area contributed by atoms with E-state index >= 15 is 0 Å². The van der Waals surface area contributed by atoms with Crippen LogP contribution in [0.4, 0.5) is 18.0 Å². The van der Waals surface area contributed by atoms with Crippen molar-refractivity contribution in [1.82, 2.24) is 15.1 Å². The fourth-order valence-electron chi connectivity index (χ4n) is 2.95. The molecule has 0 aromatic heterocycles. The molecule has 0 aromatic carbocycles. The van der Waals surface area contributed by atoms with Crippen molar-refractivity contribution in [3.8, 4) is 0 Å². The first kappa shape index (κ1) is 17.3. The van der Waals surface area contributed by atoms with E-state index in [4.69, 9.17) is 4.74 Å². The SMILES string of the molecule is O=C(NCCC1CCN(CC(F)(F)F)CC1)N1CCOCC1. The molecule has 0 saturated carbocycles. The average Bonchev–Trinajstić information content (AvgIpc) is 2.48. The molecular formula is C14H24F3N3O2. The van der Waals surface area contributed by atoms with Gasteiger partial charge in [0.2, 0.25) is 0 Å². The summed E-state index contributed by atoms with van der Waals surface area (Å²) in [6.45, 7) is 3.12. The number of ether oxygens (including phenoxy) is 1. The Morgan fingerprint density at radius 1 is 1.14 bits per heavy atom. The number of nitrogens with one attached hydrogen (secondary N) is 1. The summed E-state index contributed by atoms with van der Waals surface area (Å²) in [6, 6.07) is -0.0715. The van der Waals surface area contributed by atoms with Crippen LogP contribution in [-0.2, 0) is 4.74 Å². The number of rotatable bonds is 4. The Balaban J connectivity index is 1.58. The van der Waals surface area contributed by atoms with Gasteiger partial charge in [-0.25, -0.2) is 4.79 Å². The van der Waals surface area contributed by atoms with Gasteiger partial charge in [0.15, 0.2) is 0 Å². The number of nitrogens with zero attached hydrogens (tertiary/aromatic N) is 2. The minimum atomic E-state index is -4.11. The number of carbonyl (C=O) groups excluding carboxylic acids is 1. The van der Waals surface area contributed by atoms with Crippen LogP contribution in [-0.4, -0.2) is 74.5 Å². The lowest BCUT2D eigenvalue weighted by molar-refractivity contribution is -0.148. The Morgan fingerprint density at radius 2 is 1.77 bits per heavy atom. The molecular weight excluding hydrogens is 299 g/mol. The van der Waals surface area contributed by atoms with Crippen molar-refractivity contribution < 1.29 is 22.7 Å². The number of hydrogen-bond donors (Lipinski definition) is 1. The number of halogens is 3. The predicted octanol–water partition coefficient (Wildman–Crippen LogP) is 1.69. The Hall–Kier alpha value is -1.02. The lowest BCUT2D eigenvalue weighted by Crippen LogP contribution is -2.46. The van der Waals surface area contributed by atoms with Crippen molar-refractivity contribution in [1.29, 1.82) is 0 Å². The van der Waals surface area contributed by atoms with Crippen molar-refractivity contribution in [2.75, 3.05) is 52.5 Å². The fraction of sp³-hybridized carbons (Fsp3) is 0.929. The number of morpholine rings is 1. The van der Waals surface area contributed by atoms with Gasteiger partial charge in [0, 0.05) is 19.6 Å². The molecule has 0 unspecified atom stereocenters. The first-order chi connectivity index (χ1) is 10.4. The third-order valence-corrected chi connectivity index (χ3v) is 4.24. The summed E-state index contributed by atoms with van der Waals surface area (Å²) in [5.41, 5.74) is 0. The number of piperidine rings is 1. The van der Waals surface area contributed by atoms with E-state index in [1.54, 1.807) is 4.90 Å². The van der Waals surface area contributed by atoms with Crippen LogP contribution in [0.15, 0.2) is 0 Å². The van der Waals surface area contributed by atoms with Crippen molar-refractivity contribution in [2.24, 2.45) is 5.92 Å². The molecule has 2 aliphatic rings. The van der Waals surface area contributed by atoms with Gasteiger partial charge in [-0.3, -0.25) is 4.90 Å². The molecule has 2 rings (SSSR count). The van der Waals surface area contributed by atoms with E-state index in [1.807, 2.05) is 0 Å². The monoisotopic (exact) mass is 323 g/mol. The van der Waals surface area contributed by atoms with Crippen LogP contribution >= 0.6 is 0 Å². The first-order valence-corrected chi connectivity index (χ1v) is 7.84. The van der Waals surface area contributed by atoms with E-state index in [0.717, 1.165) is 19.3 Å². The summed E-state index contributed by atoms with van der Waals surface area (Å²) in [4.78, 5) is 15.1. The molecule has 0 atom stereocenters. The second-order valence-corrected chi connectivity index (χ2v) is 5.95. The number of hydrogen-bond acceptors (Lipinski definition) is 3. The largest absolute Gasteiger partial charge is 0.401 e. The summed E-state index contributed by atoms with van der Waals surface area (Å²) < 4.78 is 42.1. The minimum absolute atomic E-state index is 0.0715. The summed E-state index contributed by atoms with van der Waals surface area (Å²) in [6.07, 6.45) is -1.75. The molecule has 128 valence electrons. The van der Waals surface area contributed by atoms with Crippen LogP contribution in [0.3, 0.4) is 0 Å². The van der Waals surface area contributed by atoms with E-state index in [-0.39, 0.29) is 6.03 Å². The number of alkyl halides is 3. The quantitative estimate of drug-likeness (QED) is 0.856. The zero-order valence-electron chi connectivity index (χ0n) is 12.7. The molecule has 0 aromatic rings. The number of urea groups is 1. The highest BCUT2D eigenvalue weighted by molar-refractivity contribution is 5.74. The molecule has 2 fully saturated rings. The molecule has 22 heavy (non-hydrogen) atoms. The van der Waals surface area contributed by atoms with E-state index in [9.17, 15) is 18.0 Å². The van der Waals surface area contributed by atoms with Crippen LogP contribution < -0.4 is 5.32 Å². The molecule has 2 heterocycles. The van der Waals surface area contributed by atoms with Crippen molar-refractivity contribution >= 4 is 6.03 Å². The Kier molecular flexibility index (Phi) is 6.31. The number of likely N-dealkylation sites (tertiary alicyclic amines) is 1. The lowest BCUT2D eigenvalue weighted by Gasteiger charge is -2.32. The Bertz CT molecular complexity index is 352. The smallest absolute Gasteiger partial charge is 0.378 e. The molecule has 0 aliphatic carbocycles.